The fraction of sp³-hybridized carbons (Fsp3) is 0.625. The van der Waals surface area contributed by atoms with Gasteiger partial charge < -0.3 is 5.32 Å². The smallest absolute Gasteiger partial charge is 0.224 e. The van der Waals surface area contributed by atoms with E-state index in [1.165, 1.54) is 25.7 Å². The minimum Gasteiger partial charge on any atom is -0.366 e. The van der Waals surface area contributed by atoms with E-state index < -0.39 is 0 Å². The summed E-state index contributed by atoms with van der Waals surface area (Å²) in [7, 11) is 0. The summed E-state index contributed by atoms with van der Waals surface area (Å²) in [6, 6.07) is 2.50. The van der Waals surface area contributed by atoms with Crippen LogP contribution >= 0.6 is 22.9 Å². The zero-order chi connectivity index (χ0) is 15.0. The van der Waals surface area contributed by atoms with Crippen LogP contribution in [0.25, 0.3) is 10.2 Å². The average Bonchev–Trinajstić information content (AvgIpc) is 2.86. The summed E-state index contributed by atoms with van der Waals surface area (Å²) in [6.45, 7) is 7.06. The monoisotopic (exact) mass is 323 g/mol. The Labute approximate surface area is 135 Å². The highest BCUT2D eigenvalue weighted by Crippen LogP contribution is 2.39. The van der Waals surface area contributed by atoms with Gasteiger partial charge in [0.15, 0.2) is 0 Å². The summed E-state index contributed by atoms with van der Waals surface area (Å²) in [5, 5.41) is 5.96. The maximum atomic E-state index is 6.02. The van der Waals surface area contributed by atoms with Crippen LogP contribution in [-0.2, 0) is 0 Å². The van der Waals surface area contributed by atoms with Gasteiger partial charge in [-0.25, -0.2) is 4.98 Å². The van der Waals surface area contributed by atoms with Crippen molar-refractivity contribution in [2.24, 2.45) is 11.3 Å². The van der Waals surface area contributed by atoms with E-state index >= 15 is 0 Å². The Balaban J connectivity index is 1.71. The second-order valence-electron chi connectivity index (χ2n) is 7.04. The van der Waals surface area contributed by atoms with Crippen molar-refractivity contribution in [2.75, 3.05) is 5.32 Å². The molecule has 2 aromatic heterocycles. The average molecular weight is 324 g/mol. The third-order valence-electron chi connectivity index (χ3n) is 4.57. The first-order chi connectivity index (χ1) is 9.93. The Bertz CT molecular complexity index is 624. The Morgan fingerprint density at radius 1 is 1.19 bits per heavy atom. The van der Waals surface area contributed by atoms with Crippen molar-refractivity contribution >= 4 is 39.0 Å². The van der Waals surface area contributed by atoms with Gasteiger partial charge in [0.25, 0.3) is 0 Å². The Hall–Kier alpha value is -0.870. The number of aromatic nitrogens is 2. The summed E-state index contributed by atoms with van der Waals surface area (Å²) in [5.41, 5.74) is 1.36. The molecule has 0 saturated heterocycles. The van der Waals surface area contributed by atoms with Gasteiger partial charge in [0, 0.05) is 6.04 Å². The molecule has 1 aliphatic rings. The van der Waals surface area contributed by atoms with Crippen LogP contribution in [0.3, 0.4) is 0 Å². The van der Waals surface area contributed by atoms with Gasteiger partial charge in [-0.3, -0.25) is 0 Å². The molecule has 0 atom stereocenters. The highest BCUT2D eigenvalue weighted by Gasteiger charge is 2.30. The van der Waals surface area contributed by atoms with Crippen LogP contribution in [0.2, 0.25) is 5.28 Å². The van der Waals surface area contributed by atoms with Crippen LogP contribution in [-0.4, -0.2) is 16.0 Å². The van der Waals surface area contributed by atoms with Crippen molar-refractivity contribution < 1.29 is 0 Å². The van der Waals surface area contributed by atoms with Crippen molar-refractivity contribution in [3.63, 3.8) is 0 Å². The molecule has 0 aliphatic heterocycles. The first kappa shape index (κ1) is 15.0. The van der Waals surface area contributed by atoms with Crippen LogP contribution in [0.5, 0.6) is 0 Å². The number of halogens is 1. The Morgan fingerprint density at radius 2 is 1.90 bits per heavy atom. The van der Waals surface area contributed by atoms with E-state index in [9.17, 15) is 0 Å². The molecule has 0 unspecified atom stereocenters. The van der Waals surface area contributed by atoms with E-state index in [-0.39, 0.29) is 0 Å². The first-order valence-electron chi connectivity index (χ1n) is 7.61. The highest BCUT2D eigenvalue weighted by molar-refractivity contribution is 7.17. The van der Waals surface area contributed by atoms with Gasteiger partial charge in [0.1, 0.15) is 5.82 Å². The normalized spacial score (nSPS) is 23.4. The number of thiophene rings is 1. The number of fused-ring (bicyclic) bond motifs is 1. The molecular formula is C16H22ClN3S. The van der Waals surface area contributed by atoms with E-state index in [1.54, 1.807) is 11.3 Å². The van der Waals surface area contributed by atoms with Crippen LogP contribution < -0.4 is 5.32 Å². The van der Waals surface area contributed by atoms with Gasteiger partial charge in [0.05, 0.1) is 10.2 Å². The SMILES string of the molecule is CC(C)(C)C1CCC(Nc2nc(Cl)nc3ccsc23)CC1. The number of hydrogen-bond donors (Lipinski definition) is 1. The molecule has 1 fully saturated rings. The molecule has 0 amide bonds. The first-order valence-corrected chi connectivity index (χ1v) is 8.86. The molecule has 0 aromatic carbocycles. The van der Waals surface area contributed by atoms with Gasteiger partial charge in [-0.2, -0.15) is 4.98 Å². The zero-order valence-electron chi connectivity index (χ0n) is 12.8. The molecule has 0 spiro atoms. The fourth-order valence-corrected chi connectivity index (χ4v) is 4.19. The molecule has 3 rings (SSSR count). The molecule has 2 heterocycles. The largest absolute Gasteiger partial charge is 0.366 e. The number of rotatable bonds is 2. The molecular weight excluding hydrogens is 302 g/mol. The highest BCUT2D eigenvalue weighted by atomic mass is 35.5. The lowest BCUT2D eigenvalue weighted by Gasteiger charge is -2.37. The predicted molar refractivity (Wildman–Crippen MR) is 91.2 cm³/mol. The summed E-state index contributed by atoms with van der Waals surface area (Å²) < 4.78 is 1.11. The Kier molecular flexibility index (Phi) is 4.10. The van der Waals surface area contributed by atoms with Crippen molar-refractivity contribution in [3.8, 4) is 0 Å². The van der Waals surface area contributed by atoms with E-state index in [1.807, 2.05) is 11.4 Å². The second kappa shape index (κ2) is 5.73. The summed E-state index contributed by atoms with van der Waals surface area (Å²) in [5.74, 6) is 1.73. The number of nitrogens with one attached hydrogen (secondary N) is 1. The zero-order valence-corrected chi connectivity index (χ0v) is 14.4. The van der Waals surface area contributed by atoms with Gasteiger partial charge in [0.2, 0.25) is 5.28 Å². The molecule has 2 aromatic rings. The standard InChI is InChI=1S/C16H22ClN3S/c1-16(2,3)10-4-6-11(7-5-10)18-14-13-12(8-9-21-13)19-15(17)20-14/h8-11H,4-7H2,1-3H3,(H,18,19,20). The number of hydrogen-bond acceptors (Lipinski definition) is 4. The summed E-state index contributed by atoms with van der Waals surface area (Å²) in [4.78, 5) is 8.65. The van der Waals surface area contributed by atoms with Gasteiger partial charge >= 0.3 is 0 Å². The molecule has 21 heavy (non-hydrogen) atoms. The number of anilines is 1. The fourth-order valence-electron chi connectivity index (χ4n) is 3.23. The molecule has 0 radical (unpaired) electrons. The lowest BCUT2D eigenvalue weighted by atomic mass is 9.71. The van der Waals surface area contributed by atoms with Crippen LogP contribution in [0.1, 0.15) is 46.5 Å². The van der Waals surface area contributed by atoms with Crippen molar-refractivity contribution in [1.29, 1.82) is 0 Å². The molecule has 1 N–H and O–H groups in total. The maximum Gasteiger partial charge on any atom is 0.224 e. The lowest BCUT2D eigenvalue weighted by Crippen LogP contribution is -2.31. The second-order valence-corrected chi connectivity index (χ2v) is 8.29. The van der Waals surface area contributed by atoms with E-state index in [0.29, 0.717) is 16.7 Å². The van der Waals surface area contributed by atoms with Gasteiger partial charge in [-0.05, 0) is 60.1 Å². The molecule has 5 heteroatoms. The molecule has 0 bridgehead atoms. The third-order valence-corrected chi connectivity index (χ3v) is 5.65. The summed E-state index contributed by atoms with van der Waals surface area (Å²) in [6.07, 6.45) is 4.98. The van der Waals surface area contributed by atoms with E-state index in [2.05, 4.69) is 36.1 Å². The molecule has 1 saturated carbocycles. The Morgan fingerprint density at radius 3 is 2.57 bits per heavy atom. The molecule has 3 nitrogen and oxygen atoms in total. The minimum absolute atomic E-state index is 0.326. The lowest BCUT2D eigenvalue weighted by molar-refractivity contribution is 0.173. The third kappa shape index (κ3) is 3.32. The van der Waals surface area contributed by atoms with E-state index in [0.717, 1.165) is 22.0 Å². The van der Waals surface area contributed by atoms with Gasteiger partial charge in [-0.1, -0.05) is 20.8 Å². The minimum atomic E-state index is 0.326. The van der Waals surface area contributed by atoms with Crippen molar-refractivity contribution in [2.45, 2.75) is 52.5 Å². The number of nitrogens with zero attached hydrogens (tertiary/aromatic N) is 2. The van der Waals surface area contributed by atoms with Crippen LogP contribution in [0.4, 0.5) is 5.82 Å². The molecule has 1 aliphatic carbocycles. The van der Waals surface area contributed by atoms with Crippen molar-refractivity contribution in [3.05, 3.63) is 16.7 Å². The maximum absolute atomic E-state index is 6.02. The predicted octanol–water partition coefficient (Wildman–Crippen LogP) is 5.36. The van der Waals surface area contributed by atoms with Crippen molar-refractivity contribution in [1.82, 2.24) is 9.97 Å². The van der Waals surface area contributed by atoms with Crippen LogP contribution in [0, 0.1) is 11.3 Å². The molecule has 114 valence electrons. The topological polar surface area (TPSA) is 37.8 Å². The summed E-state index contributed by atoms with van der Waals surface area (Å²) >= 11 is 7.69. The van der Waals surface area contributed by atoms with Gasteiger partial charge in [-0.15, -0.1) is 11.3 Å². The van der Waals surface area contributed by atoms with Crippen LogP contribution in [0.15, 0.2) is 11.4 Å². The quantitative estimate of drug-likeness (QED) is 0.756. The van der Waals surface area contributed by atoms with E-state index in [4.69, 9.17) is 11.6 Å².